The molecule has 8 heteroatoms. The minimum Gasteiger partial charge on any atom is -0.500 e. The normalized spacial score (nSPS) is 10.4. The quantitative estimate of drug-likeness (QED) is 0.122. The first-order valence-electron chi connectivity index (χ1n) is 12.7. The van der Waals surface area contributed by atoms with Crippen molar-refractivity contribution in [2.24, 2.45) is 0 Å². The molecule has 6 aromatic rings. The summed E-state index contributed by atoms with van der Waals surface area (Å²) in [5.41, 5.74) is 2.67. The third-order valence-corrected chi connectivity index (χ3v) is 6.02. The van der Waals surface area contributed by atoms with Crippen molar-refractivity contribution in [1.29, 1.82) is 0 Å². The van der Waals surface area contributed by atoms with Crippen LogP contribution in [0.1, 0.15) is 0 Å². The molecule has 6 rings (SSSR count). The maximum atomic E-state index is 15.0. The Balaban J connectivity index is 0.00000353. The number of benzene rings is 4. The number of hydrogen-bond donors (Lipinski definition) is 0. The van der Waals surface area contributed by atoms with Gasteiger partial charge in [-0.1, -0.05) is 84.0 Å². The Kier molecular flexibility index (Phi) is 8.98. The first-order chi connectivity index (χ1) is 20.1. The number of pyridine rings is 2. The van der Waals surface area contributed by atoms with Crippen molar-refractivity contribution < 1.29 is 38.7 Å². The number of para-hydroxylation sites is 2. The smallest absolute Gasteiger partial charge is 0.500 e. The number of nitrogens with zero attached hydrogens (tertiary/aromatic N) is 3. The molecule has 2 heterocycles. The third-order valence-electron chi connectivity index (χ3n) is 6.02. The summed E-state index contributed by atoms with van der Waals surface area (Å²) in [6, 6.07) is 39.8. The van der Waals surface area contributed by atoms with Crippen molar-refractivity contribution in [1.82, 2.24) is 9.97 Å². The fraction of sp³-hybridized carbons (Fsp3) is 0. The number of anilines is 3. The predicted octanol–water partition coefficient (Wildman–Crippen LogP) is 9.07. The van der Waals surface area contributed by atoms with Crippen molar-refractivity contribution in [3.63, 3.8) is 0 Å². The summed E-state index contributed by atoms with van der Waals surface area (Å²) in [5, 5.41) is 0. The molecule has 0 atom stereocenters. The zero-order valence-corrected chi connectivity index (χ0v) is 23.4. The van der Waals surface area contributed by atoms with Crippen LogP contribution in [-0.4, -0.2) is 9.97 Å². The summed E-state index contributed by atoms with van der Waals surface area (Å²) in [6.07, 6.45) is 3.13. The summed E-state index contributed by atoms with van der Waals surface area (Å²) < 4.78 is 41.7. The minimum absolute atomic E-state index is 0. The molecule has 0 saturated carbocycles. The van der Waals surface area contributed by atoms with Gasteiger partial charge in [-0.15, -0.1) is 12.1 Å². The first kappa shape index (κ1) is 28.6. The molecule has 42 heavy (non-hydrogen) atoms. The molecule has 0 fully saturated rings. The average molecular weight is 648 g/mol. The third kappa shape index (κ3) is 6.52. The molecule has 0 aliphatic heterocycles. The van der Waals surface area contributed by atoms with E-state index >= 15 is 0 Å². The number of hydrogen-bond acceptors (Lipinski definition) is 5. The molecule has 0 aliphatic rings. The molecule has 208 valence electrons. The van der Waals surface area contributed by atoms with E-state index in [1.54, 1.807) is 54.7 Å². The van der Waals surface area contributed by atoms with Crippen LogP contribution in [0.15, 0.2) is 128 Å². The molecule has 0 bridgehead atoms. The second-order valence-electron chi connectivity index (χ2n) is 8.83. The molecule has 5 nitrogen and oxygen atoms in total. The van der Waals surface area contributed by atoms with Crippen LogP contribution in [0.5, 0.6) is 23.1 Å². The van der Waals surface area contributed by atoms with Gasteiger partial charge in [0.2, 0.25) is 5.88 Å². The Morgan fingerprint density at radius 2 is 1.17 bits per heavy atom. The average Bonchev–Trinajstić information content (AvgIpc) is 3.01. The van der Waals surface area contributed by atoms with Gasteiger partial charge < -0.3 is 19.4 Å². The van der Waals surface area contributed by atoms with Crippen LogP contribution >= 0.6 is 0 Å². The topological polar surface area (TPSA) is 47.5 Å². The fourth-order valence-electron chi connectivity index (χ4n) is 4.23. The summed E-state index contributed by atoms with van der Waals surface area (Å²) in [5.74, 6) is -1.29. The van der Waals surface area contributed by atoms with Crippen molar-refractivity contribution in [2.45, 2.75) is 0 Å². The van der Waals surface area contributed by atoms with E-state index in [1.807, 2.05) is 65.6 Å². The number of aromatic nitrogens is 2. The molecule has 0 aliphatic carbocycles. The van der Waals surface area contributed by atoms with Crippen molar-refractivity contribution in [2.75, 3.05) is 4.90 Å². The molecule has 0 amide bonds. The Bertz CT molecular complexity index is 1720. The molecular weight excluding hydrogens is 627 g/mol. The van der Waals surface area contributed by atoms with E-state index in [1.165, 1.54) is 6.20 Å². The second kappa shape index (κ2) is 13.2. The zero-order chi connectivity index (χ0) is 28.0. The van der Waals surface area contributed by atoms with E-state index in [0.29, 0.717) is 17.3 Å². The van der Waals surface area contributed by atoms with Gasteiger partial charge >= 0.3 is 20.4 Å². The SMILES string of the molecule is Fc1cc(F)c(-c2ccccn2)[c-]c1Oc1[c-]c(Oc2ccccn2)cc(N(c2ccccc2)c2ccccc2)c1.[Pd+2]. The van der Waals surface area contributed by atoms with Crippen molar-refractivity contribution in [3.8, 4) is 34.4 Å². The van der Waals surface area contributed by atoms with Crippen LogP contribution in [0.4, 0.5) is 25.8 Å². The van der Waals surface area contributed by atoms with Crippen LogP contribution in [0.25, 0.3) is 11.3 Å². The number of rotatable bonds is 8. The summed E-state index contributed by atoms with van der Waals surface area (Å²) in [7, 11) is 0. The van der Waals surface area contributed by atoms with Gasteiger partial charge in [0.15, 0.2) is 0 Å². The predicted molar refractivity (Wildman–Crippen MR) is 153 cm³/mol. The first-order valence-corrected chi connectivity index (χ1v) is 12.7. The Morgan fingerprint density at radius 3 is 1.76 bits per heavy atom. The molecular formula is C34H21F2N3O2Pd. The van der Waals surface area contributed by atoms with Crippen LogP contribution in [-0.2, 0) is 20.4 Å². The van der Waals surface area contributed by atoms with Gasteiger partial charge in [-0.2, -0.15) is 0 Å². The summed E-state index contributed by atoms with van der Waals surface area (Å²) in [4.78, 5) is 10.4. The molecule has 0 saturated heterocycles. The van der Waals surface area contributed by atoms with E-state index in [-0.39, 0.29) is 43.2 Å². The molecule has 0 spiro atoms. The minimum atomic E-state index is -0.920. The standard InChI is InChI=1S/C34H21F2N3O2.Pd/c35-30-23-31(36)33(22-29(30)32-15-7-9-17-37-32)40-27-19-26(20-28(21-27)41-34-16-8-10-18-38-34)39(24-11-3-1-4-12-24)25-13-5-2-6-14-25;/h1-20,23H;/q-2;+2. The summed E-state index contributed by atoms with van der Waals surface area (Å²) >= 11 is 0. The number of halogens is 2. The van der Waals surface area contributed by atoms with E-state index in [2.05, 4.69) is 22.1 Å². The molecule has 2 aromatic heterocycles. The molecule has 0 N–H and O–H groups in total. The van der Waals surface area contributed by atoms with Crippen LogP contribution in [0.3, 0.4) is 0 Å². The molecule has 0 unspecified atom stereocenters. The van der Waals surface area contributed by atoms with Gasteiger partial charge in [0.25, 0.3) is 0 Å². The molecule has 4 aromatic carbocycles. The van der Waals surface area contributed by atoms with Gasteiger partial charge in [-0.3, -0.25) is 8.78 Å². The fourth-order valence-corrected chi connectivity index (χ4v) is 4.23. The van der Waals surface area contributed by atoms with Crippen LogP contribution < -0.4 is 14.4 Å². The van der Waals surface area contributed by atoms with Gasteiger partial charge in [0.05, 0.1) is 11.6 Å². The Morgan fingerprint density at radius 1 is 0.571 bits per heavy atom. The molecule has 0 radical (unpaired) electrons. The Hall–Kier alpha value is -4.90. The van der Waals surface area contributed by atoms with Gasteiger partial charge in [0, 0.05) is 47.2 Å². The van der Waals surface area contributed by atoms with E-state index in [4.69, 9.17) is 9.47 Å². The largest absolute Gasteiger partial charge is 2.00 e. The number of ether oxygens (including phenoxy) is 2. The van der Waals surface area contributed by atoms with Gasteiger partial charge in [0.1, 0.15) is 0 Å². The maximum Gasteiger partial charge on any atom is 2.00 e. The van der Waals surface area contributed by atoms with Gasteiger partial charge in [-0.05, 0) is 42.1 Å². The van der Waals surface area contributed by atoms with E-state index in [9.17, 15) is 8.78 Å². The van der Waals surface area contributed by atoms with Crippen LogP contribution in [0, 0.1) is 23.8 Å². The zero-order valence-electron chi connectivity index (χ0n) is 21.9. The van der Waals surface area contributed by atoms with Crippen molar-refractivity contribution in [3.05, 3.63) is 151 Å². The van der Waals surface area contributed by atoms with Crippen molar-refractivity contribution >= 4 is 17.1 Å². The van der Waals surface area contributed by atoms with Crippen LogP contribution in [0.2, 0.25) is 0 Å². The second-order valence-corrected chi connectivity index (χ2v) is 8.83. The maximum absolute atomic E-state index is 15.0. The monoisotopic (exact) mass is 647 g/mol. The van der Waals surface area contributed by atoms with E-state index < -0.39 is 11.6 Å². The van der Waals surface area contributed by atoms with E-state index in [0.717, 1.165) is 17.4 Å². The van der Waals surface area contributed by atoms with Gasteiger partial charge in [-0.25, -0.2) is 4.98 Å². The Labute approximate surface area is 255 Å². The summed E-state index contributed by atoms with van der Waals surface area (Å²) in [6.45, 7) is 0.